The Hall–Kier alpha value is -2.87. The molecular formula is C15H17N3O5. The van der Waals surface area contributed by atoms with Crippen molar-refractivity contribution in [3.05, 3.63) is 57.8 Å². The molecule has 3 N–H and O–H groups in total. The number of carbonyl (C=O) groups is 1. The number of benzene rings is 1. The van der Waals surface area contributed by atoms with Crippen molar-refractivity contribution < 1.29 is 20.0 Å². The van der Waals surface area contributed by atoms with E-state index in [1.165, 1.54) is 12.1 Å². The number of hydroxylamine groups is 1. The Balaban J connectivity index is 1.98. The zero-order valence-electron chi connectivity index (χ0n) is 12.3. The number of aromatic hydroxyl groups is 1. The zero-order chi connectivity index (χ0) is 16.8. The van der Waals surface area contributed by atoms with Gasteiger partial charge in [0.25, 0.3) is 5.69 Å². The predicted molar refractivity (Wildman–Crippen MR) is 81.1 cm³/mol. The molecule has 0 spiro atoms. The van der Waals surface area contributed by atoms with Crippen LogP contribution < -0.4 is 5.48 Å². The van der Waals surface area contributed by atoms with E-state index in [9.17, 15) is 20.0 Å². The average molecular weight is 319 g/mol. The first kappa shape index (κ1) is 16.5. The smallest absolute Gasteiger partial charge is 0.269 e. The maximum atomic E-state index is 11.0. The van der Waals surface area contributed by atoms with Crippen LogP contribution >= 0.6 is 0 Å². The number of hydrogen-bond donors (Lipinski definition) is 3. The van der Waals surface area contributed by atoms with Crippen LogP contribution in [0.25, 0.3) is 0 Å². The number of nitro benzene ring substituents is 1. The molecule has 0 aliphatic heterocycles. The summed E-state index contributed by atoms with van der Waals surface area (Å²) in [5, 5.41) is 29.3. The van der Waals surface area contributed by atoms with Crippen molar-refractivity contribution in [1.82, 2.24) is 10.0 Å². The van der Waals surface area contributed by atoms with Crippen molar-refractivity contribution in [2.45, 2.75) is 25.8 Å². The van der Waals surface area contributed by atoms with Gasteiger partial charge in [-0.3, -0.25) is 20.1 Å². The first-order valence-corrected chi connectivity index (χ1v) is 7.04. The van der Waals surface area contributed by atoms with Gasteiger partial charge in [-0.15, -0.1) is 0 Å². The molecular weight excluding hydrogens is 302 g/mol. The highest BCUT2D eigenvalue weighted by molar-refractivity contribution is 5.74. The minimum absolute atomic E-state index is 0.0370. The number of aryl methyl sites for hydroxylation is 3. The van der Waals surface area contributed by atoms with Crippen molar-refractivity contribution in [2.75, 3.05) is 0 Å². The number of nitrogens with one attached hydrogen (secondary N) is 1. The first-order valence-electron chi connectivity index (χ1n) is 7.04. The summed E-state index contributed by atoms with van der Waals surface area (Å²) in [6.07, 6.45) is 2.60. The predicted octanol–water partition coefficient (Wildman–Crippen LogP) is 1.78. The summed E-state index contributed by atoms with van der Waals surface area (Å²) >= 11 is 0. The molecule has 8 heteroatoms. The molecule has 1 amide bonds. The van der Waals surface area contributed by atoms with E-state index in [1.54, 1.807) is 34.4 Å². The number of aromatic nitrogens is 1. The van der Waals surface area contributed by atoms with Gasteiger partial charge in [0.05, 0.1) is 4.92 Å². The van der Waals surface area contributed by atoms with Gasteiger partial charge in [-0.05, 0) is 24.5 Å². The van der Waals surface area contributed by atoms with Crippen molar-refractivity contribution in [2.24, 2.45) is 0 Å². The Labute approximate surface area is 132 Å². The minimum Gasteiger partial charge on any atom is -0.494 e. The molecule has 0 unspecified atom stereocenters. The fourth-order valence-electron chi connectivity index (χ4n) is 2.26. The van der Waals surface area contributed by atoms with Crippen LogP contribution in [0.15, 0.2) is 36.5 Å². The second-order valence-corrected chi connectivity index (χ2v) is 5.07. The molecule has 0 bridgehead atoms. The minimum atomic E-state index is -0.520. The van der Waals surface area contributed by atoms with E-state index in [-0.39, 0.29) is 18.0 Å². The molecule has 0 saturated carbocycles. The van der Waals surface area contributed by atoms with Gasteiger partial charge in [0, 0.05) is 36.9 Å². The Bertz CT molecular complexity index is 711. The Kier molecular flexibility index (Phi) is 5.32. The number of amides is 1. The molecule has 23 heavy (non-hydrogen) atoms. The van der Waals surface area contributed by atoms with Crippen molar-refractivity contribution >= 4 is 11.6 Å². The van der Waals surface area contributed by atoms with E-state index >= 15 is 0 Å². The van der Waals surface area contributed by atoms with Crippen LogP contribution in [0, 0.1) is 10.1 Å². The summed E-state index contributed by atoms with van der Waals surface area (Å²) in [4.78, 5) is 21.3. The SMILES string of the molecule is O=C(CCc1ccn(CCc2cccc([N+](=O)[O-])c2)c1O)NO. The summed E-state index contributed by atoms with van der Waals surface area (Å²) in [6, 6.07) is 8.06. The third kappa shape index (κ3) is 4.30. The monoisotopic (exact) mass is 319 g/mol. The van der Waals surface area contributed by atoms with Crippen LogP contribution in [0.2, 0.25) is 0 Å². The fourth-order valence-corrected chi connectivity index (χ4v) is 2.26. The lowest BCUT2D eigenvalue weighted by Gasteiger charge is -2.06. The zero-order valence-corrected chi connectivity index (χ0v) is 12.3. The number of non-ortho nitro benzene ring substituents is 1. The molecule has 122 valence electrons. The molecule has 2 rings (SSSR count). The summed E-state index contributed by atoms with van der Waals surface area (Å²) in [5.74, 6) is -0.463. The second-order valence-electron chi connectivity index (χ2n) is 5.07. The molecule has 2 aromatic rings. The molecule has 8 nitrogen and oxygen atoms in total. The maximum Gasteiger partial charge on any atom is 0.269 e. The van der Waals surface area contributed by atoms with Gasteiger partial charge in [0.2, 0.25) is 5.91 Å². The van der Waals surface area contributed by atoms with Crippen LogP contribution in [0.5, 0.6) is 5.88 Å². The highest BCUT2D eigenvalue weighted by Gasteiger charge is 2.11. The Morgan fingerprint density at radius 3 is 2.78 bits per heavy atom. The van der Waals surface area contributed by atoms with Gasteiger partial charge < -0.3 is 9.67 Å². The van der Waals surface area contributed by atoms with Gasteiger partial charge in [-0.1, -0.05) is 12.1 Å². The van der Waals surface area contributed by atoms with Gasteiger partial charge in [0.15, 0.2) is 5.88 Å². The average Bonchev–Trinajstić information content (AvgIpc) is 2.91. The first-order chi connectivity index (χ1) is 11.0. The van der Waals surface area contributed by atoms with Gasteiger partial charge in [-0.2, -0.15) is 0 Å². The third-order valence-corrected chi connectivity index (χ3v) is 3.52. The normalized spacial score (nSPS) is 10.5. The lowest BCUT2D eigenvalue weighted by Crippen LogP contribution is -2.18. The van der Waals surface area contributed by atoms with Crippen molar-refractivity contribution in [3.8, 4) is 5.88 Å². The Morgan fingerprint density at radius 1 is 1.30 bits per heavy atom. The number of carbonyl (C=O) groups excluding carboxylic acids is 1. The Morgan fingerprint density at radius 2 is 2.09 bits per heavy atom. The third-order valence-electron chi connectivity index (χ3n) is 3.52. The van der Waals surface area contributed by atoms with Crippen LogP contribution in [0.4, 0.5) is 5.69 Å². The summed E-state index contributed by atoms with van der Waals surface area (Å²) in [6.45, 7) is 0.458. The van der Waals surface area contributed by atoms with Crippen molar-refractivity contribution in [3.63, 3.8) is 0 Å². The number of rotatable bonds is 7. The molecule has 0 atom stereocenters. The van der Waals surface area contributed by atoms with E-state index < -0.39 is 10.8 Å². The van der Waals surface area contributed by atoms with Gasteiger partial charge >= 0.3 is 0 Å². The molecule has 1 aromatic carbocycles. The number of nitrogens with zero attached hydrogens (tertiary/aromatic N) is 2. The van der Waals surface area contributed by atoms with E-state index in [0.29, 0.717) is 24.9 Å². The number of hydrogen-bond acceptors (Lipinski definition) is 5. The lowest BCUT2D eigenvalue weighted by molar-refractivity contribution is -0.384. The van der Waals surface area contributed by atoms with Gasteiger partial charge in [-0.25, -0.2) is 5.48 Å². The highest BCUT2D eigenvalue weighted by Crippen LogP contribution is 2.21. The lowest BCUT2D eigenvalue weighted by atomic mass is 10.1. The molecule has 0 fully saturated rings. The molecule has 1 heterocycles. The molecule has 0 aliphatic carbocycles. The molecule has 0 aliphatic rings. The van der Waals surface area contributed by atoms with Gasteiger partial charge in [0.1, 0.15) is 0 Å². The summed E-state index contributed by atoms with van der Waals surface area (Å²) < 4.78 is 1.62. The highest BCUT2D eigenvalue weighted by atomic mass is 16.6. The molecule has 0 radical (unpaired) electrons. The standard InChI is InChI=1S/C15H17N3O5/c19-14(16-21)5-4-12-7-9-17(15(12)20)8-6-11-2-1-3-13(10-11)18(22)23/h1-3,7,9-10,20-21H,4-6,8H2,(H,16,19). The van der Waals surface area contributed by atoms with E-state index in [2.05, 4.69) is 0 Å². The van der Waals surface area contributed by atoms with E-state index in [4.69, 9.17) is 5.21 Å². The van der Waals surface area contributed by atoms with Crippen LogP contribution in [0.3, 0.4) is 0 Å². The van der Waals surface area contributed by atoms with E-state index in [1.807, 2.05) is 0 Å². The largest absolute Gasteiger partial charge is 0.494 e. The van der Waals surface area contributed by atoms with Crippen LogP contribution in [-0.2, 0) is 24.2 Å². The number of nitro groups is 1. The topological polar surface area (TPSA) is 118 Å². The van der Waals surface area contributed by atoms with E-state index in [0.717, 1.165) is 5.56 Å². The quantitative estimate of drug-likeness (QED) is 0.408. The second kappa shape index (κ2) is 7.41. The van der Waals surface area contributed by atoms with Crippen LogP contribution in [0.1, 0.15) is 17.5 Å². The van der Waals surface area contributed by atoms with Crippen molar-refractivity contribution in [1.29, 1.82) is 0 Å². The summed E-state index contributed by atoms with van der Waals surface area (Å²) in [5.41, 5.74) is 2.98. The maximum absolute atomic E-state index is 11.0. The summed E-state index contributed by atoms with van der Waals surface area (Å²) in [7, 11) is 0. The fraction of sp³-hybridized carbons (Fsp3) is 0.267. The molecule has 0 saturated heterocycles. The molecule has 1 aromatic heterocycles. The van der Waals surface area contributed by atoms with Crippen LogP contribution in [-0.4, -0.2) is 25.7 Å².